The van der Waals surface area contributed by atoms with Crippen molar-refractivity contribution in [1.82, 2.24) is 0 Å². The van der Waals surface area contributed by atoms with E-state index in [4.69, 9.17) is 8.85 Å². The van der Waals surface area contributed by atoms with Gasteiger partial charge in [-0.05, 0) is 96.9 Å². The van der Waals surface area contributed by atoms with E-state index in [9.17, 15) is 0 Å². The number of hydrogen-bond acceptors (Lipinski definition) is 4. The van der Waals surface area contributed by atoms with Crippen LogP contribution in [0.5, 0.6) is 0 Å². The maximum absolute atomic E-state index is 6.56. The van der Waals surface area contributed by atoms with Crippen LogP contribution in [0.15, 0.2) is 24.3 Å². The van der Waals surface area contributed by atoms with Gasteiger partial charge in [0.05, 0.1) is 0 Å². The van der Waals surface area contributed by atoms with Gasteiger partial charge in [0.25, 0.3) is 0 Å². The molecule has 2 aliphatic heterocycles. The minimum atomic E-state index is -3.00. The van der Waals surface area contributed by atoms with E-state index < -0.39 is 8.88 Å². The number of anilines is 2. The van der Waals surface area contributed by atoms with E-state index in [-0.39, 0.29) is 0 Å². The van der Waals surface area contributed by atoms with Crippen molar-refractivity contribution in [3.05, 3.63) is 57.6 Å². The normalized spacial score (nSPS) is 25.2. The van der Waals surface area contributed by atoms with Crippen LogP contribution in [-0.4, -0.2) is 36.2 Å². The summed E-state index contributed by atoms with van der Waals surface area (Å²) < 4.78 is 18.1. The molecule has 5 heteroatoms. The maximum Gasteiger partial charge on any atom is 0.588 e. The van der Waals surface area contributed by atoms with Gasteiger partial charge >= 0.3 is 8.88 Å². The molecule has 0 amide bonds. The Balaban J connectivity index is 1.94. The summed E-state index contributed by atoms with van der Waals surface area (Å²) in [5.41, 5.74) is 10.8. The van der Waals surface area contributed by atoms with Gasteiger partial charge in [-0.3, -0.25) is 0 Å². The first-order chi connectivity index (χ1) is 15.5. The molecule has 33 heavy (non-hydrogen) atoms. The van der Waals surface area contributed by atoms with Crippen molar-refractivity contribution < 1.29 is 8.85 Å². The Morgan fingerprint density at radius 3 is 1.30 bits per heavy atom. The van der Waals surface area contributed by atoms with Crippen LogP contribution in [0, 0.1) is 39.5 Å². The summed E-state index contributed by atoms with van der Waals surface area (Å²) >= 11 is 0. The minimum absolute atomic E-state index is 0.508. The maximum atomic E-state index is 6.56. The topological polar surface area (TPSA) is 24.9 Å². The zero-order chi connectivity index (χ0) is 24.2. The predicted octanol–water partition coefficient (Wildman–Crippen LogP) is 6.47. The Bertz CT molecular complexity index is 969. The van der Waals surface area contributed by atoms with E-state index in [1.807, 2.05) is 14.2 Å². The standard InChI is InChI=1S/C28H42N2O2Si/c1-17-11-25-23(7)21(5)15-29(27(25)13-19(17)3)33(31-9,32-10)30-16-22(6)24(8)26-12-18(2)20(4)14-28(26)30/h11-14,21-24H,15-16H2,1-10H3. The van der Waals surface area contributed by atoms with Crippen LogP contribution in [0.2, 0.25) is 0 Å². The minimum Gasteiger partial charge on any atom is -0.365 e. The lowest BCUT2D eigenvalue weighted by atomic mass is 9.83. The van der Waals surface area contributed by atoms with E-state index in [0.717, 1.165) is 13.1 Å². The van der Waals surface area contributed by atoms with E-state index in [1.165, 1.54) is 44.8 Å². The van der Waals surface area contributed by atoms with Gasteiger partial charge in [-0.2, -0.15) is 0 Å². The van der Waals surface area contributed by atoms with Crippen LogP contribution >= 0.6 is 0 Å². The molecule has 0 aliphatic carbocycles. The third kappa shape index (κ3) is 3.73. The summed E-state index contributed by atoms with van der Waals surface area (Å²) in [6.07, 6.45) is 0. The molecule has 0 fully saturated rings. The van der Waals surface area contributed by atoms with Crippen LogP contribution in [0.25, 0.3) is 0 Å². The molecule has 0 aromatic heterocycles. The second kappa shape index (κ2) is 8.75. The van der Waals surface area contributed by atoms with Gasteiger partial charge in [0.1, 0.15) is 0 Å². The Morgan fingerprint density at radius 1 is 0.636 bits per heavy atom. The van der Waals surface area contributed by atoms with Crippen molar-refractivity contribution in [3.8, 4) is 0 Å². The summed E-state index contributed by atoms with van der Waals surface area (Å²) in [7, 11) is 0.699. The second-order valence-corrected chi connectivity index (χ2v) is 13.7. The van der Waals surface area contributed by atoms with Crippen LogP contribution < -0.4 is 9.13 Å². The largest absolute Gasteiger partial charge is 0.588 e. The average molecular weight is 467 g/mol. The van der Waals surface area contributed by atoms with Crippen molar-refractivity contribution >= 4 is 20.3 Å². The van der Waals surface area contributed by atoms with E-state index in [0.29, 0.717) is 23.7 Å². The molecule has 180 valence electrons. The monoisotopic (exact) mass is 466 g/mol. The molecule has 0 bridgehead atoms. The highest BCUT2D eigenvalue weighted by Gasteiger charge is 2.56. The zero-order valence-corrected chi connectivity index (χ0v) is 23.2. The Kier molecular flexibility index (Phi) is 6.45. The van der Waals surface area contributed by atoms with Crippen molar-refractivity contribution in [2.45, 2.75) is 67.2 Å². The van der Waals surface area contributed by atoms with Gasteiger partial charge in [0.2, 0.25) is 0 Å². The quantitative estimate of drug-likeness (QED) is 0.482. The number of rotatable bonds is 4. The smallest absolute Gasteiger partial charge is 0.365 e. The van der Waals surface area contributed by atoms with Crippen molar-refractivity contribution in [1.29, 1.82) is 0 Å². The second-order valence-electron chi connectivity index (χ2n) is 10.7. The predicted molar refractivity (Wildman–Crippen MR) is 141 cm³/mol. The fourth-order valence-electron chi connectivity index (χ4n) is 5.75. The molecule has 4 unspecified atom stereocenters. The molecule has 2 aromatic rings. The molecule has 2 heterocycles. The Labute approximate surface area is 202 Å². The molecule has 4 nitrogen and oxygen atoms in total. The zero-order valence-electron chi connectivity index (χ0n) is 22.2. The molecular weight excluding hydrogens is 424 g/mol. The van der Waals surface area contributed by atoms with Gasteiger partial charge in [0.15, 0.2) is 0 Å². The lowest BCUT2D eigenvalue weighted by Gasteiger charge is -2.53. The molecule has 0 spiro atoms. The van der Waals surface area contributed by atoms with Gasteiger partial charge in [-0.25, -0.2) is 0 Å². The fourth-order valence-corrected chi connectivity index (χ4v) is 9.12. The highest BCUT2D eigenvalue weighted by molar-refractivity contribution is 6.75. The average Bonchev–Trinajstić information content (AvgIpc) is 2.78. The molecule has 0 saturated heterocycles. The number of aryl methyl sites for hydroxylation is 4. The molecular formula is C28H42N2O2Si. The molecule has 0 radical (unpaired) electrons. The third-order valence-corrected chi connectivity index (χ3v) is 12.0. The van der Waals surface area contributed by atoms with E-state index in [2.05, 4.69) is 88.8 Å². The Morgan fingerprint density at radius 2 is 0.970 bits per heavy atom. The van der Waals surface area contributed by atoms with Crippen LogP contribution in [0.4, 0.5) is 11.4 Å². The van der Waals surface area contributed by atoms with Crippen LogP contribution in [0.3, 0.4) is 0 Å². The molecule has 2 aromatic carbocycles. The number of fused-ring (bicyclic) bond motifs is 2. The van der Waals surface area contributed by atoms with Gasteiger partial charge in [-0.1, -0.05) is 39.8 Å². The SMILES string of the molecule is CO[Si](OC)(N1CC(C)C(C)c2cc(C)c(C)cc21)N1CC(C)C(C)c2cc(C)c(C)cc21. The van der Waals surface area contributed by atoms with Gasteiger partial charge in [-0.15, -0.1) is 0 Å². The Hall–Kier alpha value is -1.82. The molecule has 2 aliphatic rings. The summed E-state index contributed by atoms with van der Waals surface area (Å²) in [4.78, 5) is 0. The van der Waals surface area contributed by atoms with Crippen LogP contribution in [0.1, 0.15) is 72.9 Å². The first kappa shape index (κ1) is 24.3. The first-order valence-electron chi connectivity index (χ1n) is 12.4. The van der Waals surface area contributed by atoms with Gasteiger partial charge < -0.3 is 18.0 Å². The molecule has 0 N–H and O–H groups in total. The number of hydrogen-bond donors (Lipinski definition) is 0. The summed E-state index contributed by atoms with van der Waals surface area (Å²) in [5, 5.41) is 0. The number of benzene rings is 2. The summed E-state index contributed by atoms with van der Waals surface area (Å²) in [6, 6.07) is 9.52. The van der Waals surface area contributed by atoms with E-state index in [1.54, 1.807) is 0 Å². The third-order valence-electron chi connectivity index (χ3n) is 8.71. The van der Waals surface area contributed by atoms with Crippen molar-refractivity contribution in [3.63, 3.8) is 0 Å². The van der Waals surface area contributed by atoms with Crippen LogP contribution in [-0.2, 0) is 8.85 Å². The summed E-state index contributed by atoms with van der Waals surface area (Å²) in [6.45, 7) is 20.2. The lowest BCUT2D eigenvalue weighted by molar-refractivity contribution is 0.226. The van der Waals surface area contributed by atoms with Crippen molar-refractivity contribution in [2.24, 2.45) is 11.8 Å². The fraction of sp³-hybridized carbons (Fsp3) is 0.571. The van der Waals surface area contributed by atoms with Gasteiger partial charge in [0, 0.05) is 38.7 Å². The molecule has 4 atom stereocenters. The number of nitrogens with zero attached hydrogens (tertiary/aromatic N) is 2. The highest BCUT2D eigenvalue weighted by Crippen LogP contribution is 2.47. The molecule has 0 saturated carbocycles. The highest BCUT2D eigenvalue weighted by atomic mass is 28.4. The summed E-state index contributed by atoms with van der Waals surface area (Å²) in [5.74, 6) is 2.04. The lowest BCUT2D eigenvalue weighted by Crippen LogP contribution is -2.73. The van der Waals surface area contributed by atoms with Crippen molar-refractivity contribution in [2.75, 3.05) is 36.4 Å². The molecule has 4 rings (SSSR count). The van der Waals surface area contributed by atoms with E-state index >= 15 is 0 Å². The first-order valence-corrected chi connectivity index (χ1v) is 14.1.